The highest BCUT2D eigenvalue weighted by molar-refractivity contribution is 5.95. The van der Waals surface area contributed by atoms with Crippen LogP contribution in [0.25, 0.3) is 0 Å². The number of benzene rings is 1. The average Bonchev–Trinajstić information content (AvgIpc) is 2.68. The van der Waals surface area contributed by atoms with Gasteiger partial charge in [-0.05, 0) is 30.2 Å². The molecular formula is C20H22N6O. The minimum atomic E-state index is -0.464. The number of pyridine rings is 1. The lowest BCUT2D eigenvalue weighted by molar-refractivity contribution is -0.119. The third kappa shape index (κ3) is 3.90. The summed E-state index contributed by atoms with van der Waals surface area (Å²) in [6, 6.07) is 13.1. The topological polar surface area (TPSA) is 107 Å². The summed E-state index contributed by atoms with van der Waals surface area (Å²) in [5.74, 6) is 0.507. The van der Waals surface area contributed by atoms with Crippen molar-refractivity contribution < 1.29 is 4.79 Å². The van der Waals surface area contributed by atoms with E-state index in [4.69, 9.17) is 5.73 Å². The summed E-state index contributed by atoms with van der Waals surface area (Å²) in [5, 5.41) is 12.8. The number of carbonyl (C=O) groups excluding carboxylic acids is 1. The van der Waals surface area contributed by atoms with Gasteiger partial charge in [-0.3, -0.25) is 4.79 Å². The van der Waals surface area contributed by atoms with Crippen LogP contribution >= 0.6 is 0 Å². The summed E-state index contributed by atoms with van der Waals surface area (Å²) in [7, 11) is 1.77. The van der Waals surface area contributed by atoms with Crippen LogP contribution in [0.4, 0.5) is 17.3 Å². The Balaban J connectivity index is 1.93. The quantitative estimate of drug-likeness (QED) is 0.849. The molecule has 1 aliphatic rings. The Hall–Kier alpha value is -3.40. The number of aromatic nitrogens is 1. The maximum Gasteiger partial charge on any atom is 0.240 e. The fourth-order valence-corrected chi connectivity index (χ4v) is 3.19. The Kier molecular flexibility index (Phi) is 5.36. The molecule has 138 valence electrons. The Morgan fingerprint density at radius 3 is 2.89 bits per heavy atom. The second-order valence-corrected chi connectivity index (χ2v) is 6.46. The van der Waals surface area contributed by atoms with Gasteiger partial charge in [0.2, 0.25) is 5.91 Å². The molecular weight excluding hydrogens is 340 g/mol. The number of hydrogen-bond acceptors (Lipinski definition) is 6. The van der Waals surface area contributed by atoms with Crippen molar-refractivity contribution >= 4 is 28.9 Å². The molecule has 0 saturated carbocycles. The van der Waals surface area contributed by atoms with Crippen molar-refractivity contribution in [1.29, 1.82) is 5.26 Å². The van der Waals surface area contributed by atoms with E-state index in [1.807, 2.05) is 25.1 Å². The number of hydrogen-bond donors (Lipinski definition) is 2. The molecule has 1 aromatic heterocycles. The van der Waals surface area contributed by atoms with Gasteiger partial charge < -0.3 is 16.0 Å². The minimum Gasteiger partial charge on any atom is -0.379 e. The Morgan fingerprint density at radius 2 is 2.19 bits per heavy atom. The van der Waals surface area contributed by atoms with Crippen molar-refractivity contribution in [3.05, 3.63) is 47.5 Å². The summed E-state index contributed by atoms with van der Waals surface area (Å²) in [4.78, 5) is 22.5. The van der Waals surface area contributed by atoms with E-state index >= 15 is 0 Å². The molecule has 27 heavy (non-hydrogen) atoms. The third-order valence-corrected chi connectivity index (χ3v) is 4.68. The molecule has 0 bridgehead atoms. The third-order valence-electron chi connectivity index (χ3n) is 4.68. The predicted molar refractivity (Wildman–Crippen MR) is 106 cm³/mol. The van der Waals surface area contributed by atoms with Gasteiger partial charge in [0.15, 0.2) is 5.82 Å². The number of nitrogens with two attached hydrogens (primary N) is 1. The molecule has 7 nitrogen and oxygen atoms in total. The number of amides is 1. The van der Waals surface area contributed by atoms with E-state index in [9.17, 15) is 10.1 Å². The molecule has 0 aliphatic carbocycles. The van der Waals surface area contributed by atoms with Gasteiger partial charge in [-0.2, -0.15) is 5.26 Å². The van der Waals surface area contributed by atoms with E-state index in [2.05, 4.69) is 27.4 Å². The first-order valence-corrected chi connectivity index (χ1v) is 8.85. The van der Waals surface area contributed by atoms with Crippen LogP contribution in [-0.2, 0) is 11.2 Å². The van der Waals surface area contributed by atoms with Gasteiger partial charge >= 0.3 is 0 Å². The number of nitrogens with zero attached hydrogens (tertiary/aromatic N) is 4. The van der Waals surface area contributed by atoms with Gasteiger partial charge in [-0.1, -0.05) is 25.1 Å². The van der Waals surface area contributed by atoms with Crippen LogP contribution in [0.15, 0.2) is 41.4 Å². The van der Waals surface area contributed by atoms with Crippen molar-refractivity contribution in [3.8, 4) is 6.07 Å². The van der Waals surface area contributed by atoms with E-state index in [0.29, 0.717) is 36.6 Å². The fourth-order valence-electron chi connectivity index (χ4n) is 3.19. The number of fused-ring (bicyclic) bond motifs is 1. The molecule has 3 rings (SSSR count). The van der Waals surface area contributed by atoms with Crippen LogP contribution in [0.1, 0.15) is 24.5 Å². The van der Waals surface area contributed by atoms with Crippen molar-refractivity contribution in [2.24, 2.45) is 10.7 Å². The molecule has 7 heteroatoms. The highest BCUT2D eigenvalue weighted by Gasteiger charge is 2.21. The summed E-state index contributed by atoms with van der Waals surface area (Å²) in [5.41, 5.74) is 9.04. The lowest BCUT2D eigenvalue weighted by Gasteiger charge is -2.26. The molecule has 2 heterocycles. The molecule has 0 spiro atoms. The highest BCUT2D eigenvalue weighted by atomic mass is 16.1. The molecule has 1 aromatic carbocycles. The lowest BCUT2D eigenvalue weighted by Crippen LogP contribution is -2.42. The van der Waals surface area contributed by atoms with E-state index in [0.717, 1.165) is 17.0 Å². The van der Waals surface area contributed by atoms with Gasteiger partial charge in [-0.15, -0.1) is 0 Å². The number of aliphatic imine (C=N–C) groups is 1. The van der Waals surface area contributed by atoms with Crippen LogP contribution < -0.4 is 16.0 Å². The van der Waals surface area contributed by atoms with Crippen molar-refractivity contribution in [2.75, 3.05) is 23.8 Å². The molecule has 1 aliphatic heterocycles. The van der Waals surface area contributed by atoms with Crippen LogP contribution in [0, 0.1) is 11.3 Å². The monoisotopic (exact) mass is 362 g/mol. The molecule has 0 radical (unpaired) electrons. The minimum absolute atomic E-state index is 0.359. The first-order valence-electron chi connectivity index (χ1n) is 8.85. The smallest absolute Gasteiger partial charge is 0.240 e. The average molecular weight is 362 g/mol. The standard InChI is InChI=1S/C20H22N6O/c1-3-17(19(22)27)26(2)18-9-8-14(11-21)20(25-18)24-15-10-13-6-4-5-7-16(13)23-12-15/h4-9,17,23H,3,10,12H2,1-2H3,(H2,22,27). The first-order chi connectivity index (χ1) is 13.0. The summed E-state index contributed by atoms with van der Waals surface area (Å²) < 4.78 is 0. The van der Waals surface area contributed by atoms with Crippen molar-refractivity contribution in [1.82, 2.24) is 4.98 Å². The van der Waals surface area contributed by atoms with Gasteiger partial charge in [0, 0.05) is 24.9 Å². The van der Waals surface area contributed by atoms with E-state index in [-0.39, 0.29) is 0 Å². The van der Waals surface area contributed by atoms with Crippen LogP contribution in [0.2, 0.25) is 0 Å². The van der Waals surface area contributed by atoms with Crippen molar-refractivity contribution in [2.45, 2.75) is 25.8 Å². The Morgan fingerprint density at radius 1 is 1.41 bits per heavy atom. The number of rotatable bonds is 5. The summed E-state index contributed by atoms with van der Waals surface area (Å²) >= 11 is 0. The number of anilines is 2. The number of nitriles is 1. The van der Waals surface area contributed by atoms with Gasteiger partial charge in [0.05, 0.1) is 12.1 Å². The maximum absolute atomic E-state index is 11.7. The van der Waals surface area contributed by atoms with E-state index in [1.165, 1.54) is 0 Å². The molecule has 2 aromatic rings. The Bertz CT molecular complexity index is 930. The normalized spacial score (nSPS) is 15.4. The first kappa shape index (κ1) is 18.4. The van der Waals surface area contributed by atoms with Crippen LogP contribution in [0.5, 0.6) is 0 Å². The fraction of sp³-hybridized carbons (Fsp3) is 0.300. The number of para-hydroxylation sites is 1. The number of nitrogens with one attached hydrogen (secondary N) is 1. The summed E-state index contributed by atoms with van der Waals surface area (Å²) in [6.45, 7) is 2.49. The molecule has 3 N–H and O–H groups in total. The van der Waals surface area contributed by atoms with E-state index in [1.54, 1.807) is 24.1 Å². The van der Waals surface area contributed by atoms with Gasteiger partial charge in [0.1, 0.15) is 17.9 Å². The van der Waals surface area contributed by atoms with Crippen LogP contribution in [-0.4, -0.2) is 36.2 Å². The zero-order chi connectivity index (χ0) is 19.4. The van der Waals surface area contributed by atoms with Crippen LogP contribution in [0.3, 0.4) is 0 Å². The van der Waals surface area contributed by atoms with E-state index < -0.39 is 11.9 Å². The zero-order valence-electron chi connectivity index (χ0n) is 15.4. The number of likely N-dealkylation sites (N-methyl/N-ethyl adjacent to an activating group) is 1. The van der Waals surface area contributed by atoms with Gasteiger partial charge in [-0.25, -0.2) is 9.98 Å². The second-order valence-electron chi connectivity index (χ2n) is 6.46. The molecule has 1 amide bonds. The van der Waals surface area contributed by atoms with Gasteiger partial charge in [0.25, 0.3) is 0 Å². The number of carbonyl (C=O) groups is 1. The summed E-state index contributed by atoms with van der Waals surface area (Å²) in [6.07, 6.45) is 1.27. The Labute approximate surface area is 158 Å². The second kappa shape index (κ2) is 7.87. The highest BCUT2D eigenvalue weighted by Crippen LogP contribution is 2.25. The maximum atomic E-state index is 11.7. The predicted octanol–water partition coefficient (Wildman–Crippen LogP) is 2.39. The van der Waals surface area contributed by atoms with Crippen molar-refractivity contribution in [3.63, 3.8) is 0 Å². The zero-order valence-corrected chi connectivity index (χ0v) is 15.4. The largest absolute Gasteiger partial charge is 0.379 e. The SMILES string of the molecule is CCC(C(N)=O)N(C)c1ccc(C#N)c(N=C2CNc3ccccc3C2)n1. The molecule has 1 unspecified atom stereocenters. The number of primary amides is 1. The molecule has 0 saturated heterocycles. The lowest BCUT2D eigenvalue weighted by atomic mass is 10.0. The molecule has 1 atom stereocenters. The molecule has 0 fully saturated rings.